The predicted octanol–water partition coefficient (Wildman–Crippen LogP) is 2.35. The molecule has 7 heteroatoms. The monoisotopic (exact) mass is 344 g/mol. The van der Waals surface area contributed by atoms with E-state index in [-0.39, 0.29) is 23.8 Å². The first-order chi connectivity index (χ1) is 11.9. The first-order valence-electron chi connectivity index (χ1n) is 8.64. The SMILES string of the molecule is COC(=O)C1CCN(C(=O)c2cc3cnn(C(C)C)c3nc2C)CC1. The Bertz CT molecular complexity index is 804. The minimum Gasteiger partial charge on any atom is -0.469 e. The van der Waals surface area contributed by atoms with Crippen LogP contribution >= 0.6 is 0 Å². The van der Waals surface area contributed by atoms with Crippen molar-refractivity contribution in [2.45, 2.75) is 39.7 Å². The number of aromatic nitrogens is 3. The van der Waals surface area contributed by atoms with Gasteiger partial charge in [0.1, 0.15) is 0 Å². The van der Waals surface area contributed by atoms with Gasteiger partial charge in [-0.1, -0.05) is 0 Å². The molecule has 1 fully saturated rings. The molecule has 2 aromatic rings. The number of aryl methyl sites for hydroxylation is 1. The maximum Gasteiger partial charge on any atom is 0.308 e. The molecule has 3 heterocycles. The summed E-state index contributed by atoms with van der Waals surface area (Å²) in [5.74, 6) is -0.333. The van der Waals surface area contributed by atoms with Gasteiger partial charge in [-0.15, -0.1) is 0 Å². The van der Waals surface area contributed by atoms with E-state index < -0.39 is 0 Å². The Balaban J connectivity index is 1.81. The van der Waals surface area contributed by atoms with Crippen molar-refractivity contribution in [2.75, 3.05) is 20.2 Å². The van der Waals surface area contributed by atoms with Crippen molar-refractivity contribution in [1.82, 2.24) is 19.7 Å². The second kappa shape index (κ2) is 6.82. The minimum absolute atomic E-state index is 0.0347. The highest BCUT2D eigenvalue weighted by atomic mass is 16.5. The number of piperidine rings is 1. The largest absolute Gasteiger partial charge is 0.469 e. The van der Waals surface area contributed by atoms with Crippen LogP contribution in [0.1, 0.15) is 48.8 Å². The van der Waals surface area contributed by atoms with Crippen LogP contribution in [0.4, 0.5) is 0 Å². The fourth-order valence-corrected chi connectivity index (χ4v) is 3.32. The number of amides is 1. The molecule has 1 saturated heterocycles. The van der Waals surface area contributed by atoms with E-state index in [0.29, 0.717) is 37.2 Å². The molecule has 0 N–H and O–H groups in total. The lowest BCUT2D eigenvalue weighted by Gasteiger charge is -2.31. The fraction of sp³-hybridized carbons (Fsp3) is 0.556. The lowest BCUT2D eigenvalue weighted by Crippen LogP contribution is -2.40. The van der Waals surface area contributed by atoms with Gasteiger partial charge in [0.15, 0.2) is 5.65 Å². The zero-order valence-electron chi connectivity index (χ0n) is 15.2. The summed E-state index contributed by atoms with van der Waals surface area (Å²) >= 11 is 0. The number of ether oxygens (including phenoxy) is 1. The maximum absolute atomic E-state index is 12.9. The molecule has 0 spiro atoms. The van der Waals surface area contributed by atoms with E-state index in [2.05, 4.69) is 10.1 Å². The van der Waals surface area contributed by atoms with Crippen molar-refractivity contribution in [3.8, 4) is 0 Å². The van der Waals surface area contributed by atoms with E-state index in [0.717, 1.165) is 11.0 Å². The second-order valence-electron chi connectivity index (χ2n) is 6.81. The molecule has 2 aromatic heterocycles. The maximum atomic E-state index is 12.9. The molecule has 1 aliphatic rings. The average molecular weight is 344 g/mol. The molecule has 0 atom stereocenters. The molecule has 0 unspecified atom stereocenters. The van der Waals surface area contributed by atoms with Crippen molar-refractivity contribution in [1.29, 1.82) is 0 Å². The highest BCUT2D eigenvalue weighted by molar-refractivity contribution is 5.98. The van der Waals surface area contributed by atoms with E-state index in [1.807, 2.05) is 31.5 Å². The number of hydrogen-bond donors (Lipinski definition) is 0. The van der Waals surface area contributed by atoms with Crippen molar-refractivity contribution in [3.05, 3.63) is 23.5 Å². The molecule has 7 nitrogen and oxygen atoms in total. The molecule has 134 valence electrons. The van der Waals surface area contributed by atoms with Crippen LogP contribution in [0, 0.1) is 12.8 Å². The molecule has 1 aliphatic heterocycles. The predicted molar refractivity (Wildman–Crippen MR) is 93.3 cm³/mol. The number of hydrogen-bond acceptors (Lipinski definition) is 5. The molecule has 0 aliphatic carbocycles. The molecule has 25 heavy (non-hydrogen) atoms. The van der Waals surface area contributed by atoms with E-state index in [1.165, 1.54) is 7.11 Å². The standard InChI is InChI=1S/C18H24N4O3/c1-11(2)22-16-14(10-19-22)9-15(12(3)20-16)17(23)21-7-5-13(6-8-21)18(24)25-4/h9-11,13H,5-8H2,1-4H3. The smallest absolute Gasteiger partial charge is 0.308 e. The summed E-state index contributed by atoms with van der Waals surface area (Å²) in [6, 6.07) is 2.08. The van der Waals surface area contributed by atoms with Crippen LogP contribution in [0.2, 0.25) is 0 Å². The number of pyridine rings is 1. The normalized spacial score (nSPS) is 15.8. The topological polar surface area (TPSA) is 77.3 Å². The highest BCUT2D eigenvalue weighted by Crippen LogP contribution is 2.23. The number of carbonyl (C=O) groups excluding carboxylic acids is 2. The van der Waals surface area contributed by atoms with Gasteiger partial charge >= 0.3 is 5.97 Å². The number of methoxy groups -OCH3 is 1. The fourth-order valence-electron chi connectivity index (χ4n) is 3.32. The lowest BCUT2D eigenvalue weighted by atomic mass is 9.96. The number of likely N-dealkylation sites (tertiary alicyclic amines) is 1. The van der Waals surface area contributed by atoms with Crippen LogP contribution in [0.15, 0.2) is 12.3 Å². The van der Waals surface area contributed by atoms with Crippen LogP contribution in [0.3, 0.4) is 0 Å². The Morgan fingerprint density at radius 3 is 2.56 bits per heavy atom. The number of esters is 1. The lowest BCUT2D eigenvalue weighted by molar-refractivity contribution is -0.146. The summed E-state index contributed by atoms with van der Waals surface area (Å²) in [6.45, 7) is 7.07. The Hall–Kier alpha value is -2.44. The van der Waals surface area contributed by atoms with E-state index in [4.69, 9.17) is 4.74 Å². The van der Waals surface area contributed by atoms with Gasteiger partial charge in [-0.2, -0.15) is 5.10 Å². The Morgan fingerprint density at radius 1 is 1.28 bits per heavy atom. The number of carbonyl (C=O) groups is 2. The van der Waals surface area contributed by atoms with Crippen molar-refractivity contribution < 1.29 is 14.3 Å². The van der Waals surface area contributed by atoms with Crippen molar-refractivity contribution in [3.63, 3.8) is 0 Å². The van der Waals surface area contributed by atoms with E-state index >= 15 is 0 Å². The van der Waals surface area contributed by atoms with Crippen molar-refractivity contribution in [2.24, 2.45) is 5.92 Å². The summed E-state index contributed by atoms with van der Waals surface area (Å²) in [4.78, 5) is 30.9. The molecular weight excluding hydrogens is 320 g/mol. The third-order valence-electron chi connectivity index (χ3n) is 4.80. The third-order valence-corrected chi connectivity index (χ3v) is 4.80. The van der Waals surface area contributed by atoms with Crippen LogP contribution in [0.5, 0.6) is 0 Å². The Labute approximate surface area is 147 Å². The second-order valence-corrected chi connectivity index (χ2v) is 6.81. The molecule has 0 saturated carbocycles. The summed E-state index contributed by atoms with van der Waals surface area (Å²) < 4.78 is 6.66. The summed E-state index contributed by atoms with van der Waals surface area (Å²) in [5, 5.41) is 5.23. The molecule has 0 radical (unpaired) electrons. The molecule has 0 bridgehead atoms. The van der Waals surface area contributed by atoms with Gasteiger partial charge in [-0.05, 0) is 39.7 Å². The van der Waals surface area contributed by atoms with Gasteiger partial charge in [-0.3, -0.25) is 9.59 Å². The van der Waals surface area contributed by atoms with E-state index in [9.17, 15) is 9.59 Å². The minimum atomic E-state index is -0.188. The summed E-state index contributed by atoms with van der Waals surface area (Å²) in [7, 11) is 1.40. The Morgan fingerprint density at radius 2 is 1.96 bits per heavy atom. The van der Waals surface area contributed by atoms with Gasteiger partial charge in [0.25, 0.3) is 5.91 Å². The van der Waals surface area contributed by atoms with Gasteiger partial charge in [0, 0.05) is 24.5 Å². The molecule has 1 amide bonds. The number of nitrogens with zero attached hydrogens (tertiary/aromatic N) is 4. The third kappa shape index (κ3) is 3.23. The molecule has 3 rings (SSSR count). The summed E-state index contributed by atoms with van der Waals surface area (Å²) in [5.41, 5.74) is 2.11. The van der Waals surface area contributed by atoms with Gasteiger partial charge in [-0.25, -0.2) is 9.67 Å². The van der Waals surface area contributed by atoms with Crippen LogP contribution in [-0.4, -0.2) is 51.7 Å². The van der Waals surface area contributed by atoms with Crippen LogP contribution < -0.4 is 0 Å². The van der Waals surface area contributed by atoms with Gasteiger partial charge < -0.3 is 9.64 Å². The van der Waals surface area contributed by atoms with Gasteiger partial charge in [0.05, 0.1) is 30.5 Å². The van der Waals surface area contributed by atoms with E-state index in [1.54, 1.807) is 11.1 Å². The Kier molecular flexibility index (Phi) is 4.74. The molecule has 0 aromatic carbocycles. The first kappa shape index (κ1) is 17.4. The van der Waals surface area contributed by atoms with Crippen LogP contribution in [0.25, 0.3) is 11.0 Å². The van der Waals surface area contributed by atoms with Gasteiger partial charge in [0.2, 0.25) is 0 Å². The highest BCUT2D eigenvalue weighted by Gasteiger charge is 2.29. The quantitative estimate of drug-likeness (QED) is 0.799. The number of fused-ring (bicyclic) bond motifs is 1. The average Bonchev–Trinajstić information content (AvgIpc) is 3.02. The zero-order chi connectivity index (χ0) is 18.1. The first-order valence-corrected chi connectivity index (χ1v) is 8.64. The van der Waals surface area contributed by atoms with Crippen LogP contribution in [-0.2, 0) is 9.53 Å². The molecular formula is C18H24N4O3. The van der Waals surface area contributed by atoms with Crippen molar-refractivity contribution >= 4 is 22.9 Å². The summed E-state index contributed by atoms with van der Waals surface area (Å²) in [6.07, 6.45) is 3.03. The zero-order valence-corrected chi connectivity index (χ0v) is 15.2. The number of rotatable bonds is 3.